The molecule has 1 aliphatic heterocycles. The van der Waals surface area contributed by atoms with Gasteiger partial charge in [-0.05, 0) is 44.6 Å². The second-order valence-corrected chi connectivity index (χ2v) is 6.23. The van der Waals surface area contributed by atoms with Crippen molar-refractivity contribution < 1.29 is 14.3 Å². The Morgan fingerprint density at radius 3 is 2.72 bits per heavy atom. The van der Waals surface area contributed by atoms with Crippen LogP contribution in [0.25, 0.3) is 0 Å². The van der Waals surface area contributed by atoms with Crippen LogP contribution in [-0.4, -0.2) is 43.0 Å². The van der Waals surface area contributed by atoms with Crippen molar-refractivity contribution in [3.8, 4) is 17.4 Å². The second kappa shape index (κ2) is 7.98. The largest absolute Gasteiger partial charge is 0.493 e. The number of nitrogens with one attached hydrogen (secondary N) is 1. The standard InChI is InChI=1S/C19H23N3O3/c1-22-11-5-6-14(13-22)19(23)21-15-9-10-18(20-12-15)25-17-8-4-3-7-16(17)24-2/h3-4,7-10,12,14H,5-6,11,13H2,1-2H3,(H,21,23). The molecule has 1 N–H and O–H groups in total. The zero-order valence-electron chi connectivity index (χ0n) is 14.6. The molecular weight excluding hydrogens is 318 g/mol. The van der Waals surface area contributed by atoms with Crippen LogP contribution in [0.4, 0.5) is 5.69 Å². The minimum Gasteiger partial charge on any atom is -0.493 e. The predicted octanol–water partition coefficient (Wildman–Crippen LogP) is 3.16. The van der Waals surface area contributed by atoms with Gasteiger partial charge in [0, 0.05) is 12.6 Å². The molecule has 0 radical (unpaired) electrons. The van der Waals surface area contributed by atoms with Crippen molar-refractivity contribution in [1.82, 2.24) is 9.88 Å². The lowest BCUT2D eigenvalue weighted by Crippen LogP contribution is -2.38. The fourth-order valence-electron chi connectivity index (χ4n) is 2.96. The number of methoxy groups -OCH3 is 1. The average Bonchev–Trinajstić information content (AvgIpc) is 2.64. The summed E-state index contributed by atoms with van der Waals surface area (Å²) in [7, 11) is 3.64. The van der Waals surface area contributed by atoms with Crippen LogP contribution in [0.1, 0.15) is 12.8 Å². The fraction of sp³-hybridized carbons (Fsp3) is 0.368. The summed E-state index contributed by atoms with van der Waals surface area (Å²) in [6.45, 7) is 1.86. The van der Waals surface area contributed by atoms with Gasteiger partial charge in [-0.2, -0.15) is 0 Å². The molecule has 0 saturated carbocycles. The molecule has 1 unspecified atom stereocenters. The van der Waals surface area contributed by atoms with E-state index in [9.17, 15) is 4.79 Å². The average molecular weight is 341 g/mol. The maximum atomic E-state index is 12.4. The first-order valence-electron chi connectivity index (χ1n) is 8.42. The Kier molecular flexibility index (Phi) is 5.50. The first kappa shape index (κ1) is 17.2. The zero-order chi connectivity index (χ0) is 17.6. The number of likely N-dealkylation sites (tertiary alicyclic amines) is 1. The number of amides is 1. The number of nitrogens with zero attached hydrogens (tertiary/aromatic N) is 2. The molecule has 2 aromatic rings. The van der Waals surface area contributed by atoms with Crippen LogP contribution in [0.2, 0.25) is 0 Å². The molecule has 1 aromatic heterocycles. The minimum absolute atomic E-state index is 0.0308. The van der Waals surface area contributed by atoms with Crippen molar-refractivity contribution in [2.24, 2.45) is 5.92 Å². The number of aromatic nitrogens is 1. The van der Waals surface area contributed by atoms with Gasteiger partial charge in [-0.25, -0.2) is 4.98 Å². The third-order valence-electron chi connectivity index (χ3n) is 4.28. The molecule has 3 rings (SSSR count). The summed E-state index contributed by atoms with van der Waals surface area (Å²) in [5, 5.41) is 2.94. The Morgan fingerprint density at radius 1 is 1.24 bits per heavy atom. The third-order valence-corrected chi connectivity index (χ3v) is 4.28. The van der Waals surface area contributed by atoms with E-state index in [0.29, 0.717) is 23.1 Å². The summed E-state index contributed by atoms with van der Waals surface area (Å²) in [4.78, 5) is 18.8. The number of anilines is 1. The molecule has 1 aromatic carbocycles. The number of rotatable bonds is 5. The van der Waals surface area contributed by atoms with Crippen molar-refractivity contribution in [3.05, 3.63) is 42.6 Å². The highest BCUT2D eigenvalue weighted by Gasteiger charge is 2.23. The zero-order valence-corrected chi connectivity index (χ0v) is 14.6. The molecule has 0 aliphatic carbocycles. The Morgan fingerprint density at radius 2 is 2.04 bits per heavy atom. The molecule has 6 nitrogen and oxygen atoms in total. The summed E-state index contributed by atoms with van der Waals surface area (Å²) in [5.74, 6) is 1.76. The van der Waals surface area contributed by atoms with Crippen molar-refractivity contribution in [3.63, 3.8) is 0 Å². The van der Waals surface area contributed by atoms with Gasteiger partial charge in [0.25, 0.3) is 0 Å². The van der Waals surface area contributed by atoms with E-state index in [1.54, 1.807) is 25.4 Å². The van der Waals surface area contributed by atoms with Crippen LogP contribution in [0, 0.1) is 5.92 Å². The van der Waals surface area contributed by atoms with Crippen LogP contribution >= 0.6 is 0 Å². The molecule has 1 amide bonds. The molecule has 0 spiro atoms. The number of piperidine rings is 1. The second-order valence-electron chi connectivity index (χ2n) is 6.23. The van der Waals surface area contributed by atoms with E-state index in [2.05, 4.69) is 15.2 Å². The lowest BCUT2D eigenvalue weighted by Gasteiger charge is -2.28. The molecule has 6 heteroatoms. The van der Waals surface area contributed by atoms with Gasteiger partial charge in [-0.1, -0.05) is 12.1 Å². The van der Waals surface area contributed by atoms with E-state index in [4.69, 9.17) is 9.47 Å². The molecule has 0 bridgehead atoms. The van der Waals surface area contributed by atoms with Gasteiger partial charge < -0.3 is 19.7 Å². The first-order chi connectivity index (χ1) is 12.2. The van der Waals surface area contributed by atoms with E-state index in [-0.39, 0.29) is 11.8 Å². The van der Waals surface area contributed by atoms with Crippen molar-refractivity contribution in [1.29, 1.82) is 0 Å². The van der Waals surface area contributed by atoms with Gasteiger partial charge in [0.15, 0.2) is 11.5 Å². The molecule has 1 saturated heterocycles. The Balaban J connectivity index is 1.61. The highest BCUT2D eigenvalue weighted by Crippen LogP contribution is 2.30. The van der Waals surface area contributed by atoms with Crippen LogP contribution in [0.5, 0.6) is 17.4 Å². The highest BCUT2D eigenvalue weighted by atomic mass is 16.5. The van der Waals surface area contributed by atoms with Crippen molar-refractivity contribution in [2.75, 3.05) is 32.6 Å². The summed E-state index contributed by atoms with van der Waals surface area (Å²) >= 11 is 0. The SMILES string of the molecule is COc1ccccc1Oc1ccc(NC(=O)C2CCCN(C)C2)cn1. The lowest BCUT2D eigenvalue weighted by atomic mass is 9.97. The lowest BCUT2D eigenvalue weighted by molar-refractivity contribution is -0.121. The predicted molar refractivity (Wildman–Crippen MR) is 96.2 cm³/mol. The number of carbonyl (C=O) groups excluding carboxylic acids is 1. The highest BCUT2D eigenvalue weighted by molar-refractivity contribution is 5.92. The molecule has 25 heavy (non-hydrogen) atoms. The van der Waals surface area contributed by atoms with Crippen molar-refractivity contribution in [2.45, 2.75) is 12.8 Å². The summed E-state index contributed by atoms with van der Waals surface area (Å²) in [6.07, 6.45) is 3.59. The van der Waals surface area contributed by atoms with Gasteiger partial charge >= 0.3 is 0 Å². The van der Waals surface area contributed by atoms with Crippen LogP contribution in [-0.2, 0) is 4.79 Å². The molecular formula is C19H23N3O3. The number of hydrogen-bond acceptors (Lipinski definition) is 5. The molecule has 1 atom stereocenters. The summed E-state index contributed by atoms with van der Waals surface area (Å²) in [5.41, 5.74) is 0.672. The first-order valence-corrected chi connectivity index (χ1v) is 8.42. The fourth-order valence-corrected chi connectivity index (χ4v) is 2.96. The van der Waals surface area contributed by atoms with Gasteiger partial charge in [-0.3, -0.25) is 4.79 Å². The quantitative estimate of drug-likeness (QED) is 0.905. The maximum absolute atomic E-state index is 12.4. The van der Waals surface area contributed by atoms with Crippen LogP contribution < -0.4 is 14.8 Å². The summed E-state index contributed by atoms with van der Waals surface area (Å²) < 4.78 is 11.0. The smallest absolute Gasteiger partial charge is 0.228 e. The van der Waals surface area contributed by atoms with E-state index in [1.165, 1.54) is 0 Å². The molecule has 1 fully saturated rings. The van der Waals surface area contributed by atoms with Gasteiger partial charge in [0.1, 0.15) is 0 Å². The van der Waals surface area contributed by atoms with Gasteiger partial charge in [0.05, 0.1) is 24.9 Å². The van der Waals surface area contributed by atoms with E-state index < -0.39 is 0 Å². The monoisotopic (exact) mass is 341 g/mol. The Hall–Kier alpha value is -2.60. The Bertz CT molecular complexity index is 718. The Labute approximate surface area is 147 Å². The number of para-hydroxylation sites is 2. The maximum Gasteiger partial charge on any atom is 0.228 e. The number of benzene rings is 1. The van der Waals surface area contributed by atoms with E-state index >= 15 is 0 Å². The van der Waals surface area contributed by atoms with E-state index in [0.717, 1.165) is 25.9 Å². The van der Waals surface area contributed by atoms with Crippen LogP contribution in [0.15, 0.2) is 42.6 Å². The van der Waals surface area contributed by atoms with E-state index in [1.807, 2.05) is 31.3 Å². The molecule has 132 valence electrons. The van der Waals surface area contributed by atoms with Gasteiger partial charge in [-0.15, -0.1) is 0 Å². The number of ether oxygens (including phenoxy) is 2. The topological polar surface area (TPSA) is 63.7 Å². The molecule has 1 aliphatic rings. The van der Waals surface area contributed by atoms with Crippen LogP contribution in [0.3, 0.4) is 0 Å². The number of hydrogen-bond donors (Lipinski definition) is 1. The third kappa shape index (κ3) is 4.48. The van der Waals surface area contributed by atoms with Gasteiger partial charge in [0.2, 0.25) is 11.8 Å². The normalized spacial score (nSPS) is 17.8. The number of pyridine rings is 1. The minimum atomic E-state index is 0.0308. The molecule has 2 heterocycles. The number of carbonyl (C=O) groups is 1. The van der Waals surface area contributed by atoms with Crippen molar-refractivity contribution >= 4 is 11.6 Å². The summed E-state index contributed by atoms with van der Waals surface area (Å²) in [6, 6.07) is 10.9.